The van der Waals surface area contributed by atoms with Crippen LogP contribution in [-0.2, 0) is 5.92 Å². The van der Waals surface area contributed by atoms with Gasteiger partial charge in [0.1, 0.15) is 24.9 Å². The minimum atomic E-state index is -5.83. The largest absolute Gasteiger partial charge is 0.477 e. The van der Waals surface area contributed by atoms with E-state index in [1.165, 1.54) is 4.90 Å². The number of likely N-dealkylation sites (tertiary alicyclic amines) is 1. The Morgan fingerprint density at radius 2 is 1.83 bits per heavy atom. The zero-order chi connectivity index (χ0) is 22.2. The van der Waals surface area contributed by atoms with Crippen LogP contribution in [0, 0.1) is 11.5 Å². The Balaban J connectivity index is 2.19. The molecule has 1 aromatic rings. The number of benzene rings is 1. The fraction of sp³-hybridized carbons (Fsp3) is 0.474. The molecule has 3 rings (SSSR count). The van der Waals surface area contributed by atoms with E-state index in [2.05, 4.69) is 4.99 Å². The Hall–Kier alpha value is -2.77. The third-order valence-corrected chi connectivity index (χ3v) is 4.95. The standard InChI is InChI=1S/C19H16F7N3O/c20-9-17(10-21)8-14(29-6-2-1-3-16(29)28-11-27)13-7-12(4-5-15(13)30-17)18(22,23)19(24,25)26/h4-5,7-8H,1-3,6,9-10H2/b28-16-. The monoisotopic (exact) mass is 435 g/mol. The first-order valence-corrected chi connectivity index (χ1v) is 8.95. The Labute approximate surface area is 167 Å². The second-order valence-corrected chi connectivity index (χ2v) is 6.98. The summed E-state index contributed by atoms with van der Waals surface area (Å²) in [6.07, 6.45) is -1.62. The molecule has 0 aliphatic carbocycles. The average molecular weight is 435 g/mol. The molecular weight excluding hydrogens is 419 g/mol. The molecule has 0 unspecified atom stereocenters. The van der Waals surface area contributed by atoms with Crippen molar-refractivity contribution in [3.8, 4) is 11.9 Å². The summed E-state index contributed by atoms with van der Waals surface area (Å²) in [6, 6.07) is 1.94. The fourth-order valence-electron chi connectivity index (χ4n) is 3.39. The maximum atomic E-state index is 13.9. The number of piperidine rings is 1. The number of alkyl halides is 7. The lowest BCUT2D eigenvalue weighted by atomic mass is 9.93. The highest BCUT2D eigenvalue weighted by Gasteiger charge is 2.59. The van der Waals surface area contributed by atoms with Crippen LogP contribution in [0.1, 0.15) is 30.4 Å². The van der Waals surface area contributed by atoms with Gasteiger partial charge in [-0.25, -0.2) is 8.78 Å². The van der Waals surface area contributed by atoms with Crippen molar-refractivity contribution in [1.82, 2.24) is 4.90 Å². The summed E-state index contributed by atoms with van der Waals surface area (Å²) in [5.74, 6) is -5.17. The number of amidine groups is 1. The summed E-state index contributed by atoms with van der Waals surface area (Å²) >= 11 is 0. The first-order chi connectivity index (χ1) is 14.1. The summed E-state index contributed by atoms with van der Waals surface area (Å²) in [6.45, 7) is -2.36. The Morgan fingerprint density at radius 3 is 2.43 bits per heavy atom. The predicted molar refractivity (Wildman–Crippen MR) is 93.3 cm³/mol. The topological polar surface area (TPSA) is 48.6 Å². The lowest BCUT2D eigenvalue weighted by Crippen LogP contribution is -2.44. The summed E-state index contributed by atoms with van der Waals surface area (Å²) < 4.78 is 98.9. The molecule has 162 valence electrons. The number of rotatable bonds is 4. The molecule has 0 amide bonds. The van der Waals surface area contributed by atoms with Crippen LogP contribution in [0.5, 0.6) is 5.75 Å². The van der Waals surface area contributed by atoms with Crippen LogP contribution in [0.3, 0.4) is 0 Å². The number of hydrogen-bond acceptors (Lipinski definition) is 3. The van der Waals surface area contributed by atoms with Gasteiger partial charge in [0.05, 0.1) is 5.70 Å². The van der Waals surface area contributed by atoms with E-state index >= 15 is 0 Å². The average Bonchev–Trinajstić information content (AvgIpc) is 2.72. The molecule has 2 heterocycles. The lowest BCUT2D eigenvalue weighted by molar-refractivity contribution is -0.289. The van der Waals surface area contributed by atoms with Crippen molar-refractivity contribution in [2.45, 2.75) is 37.0 Å². The molecule has 0 spiro atoms. The molecule has 0 saturated carbocycles. The molecule has 4 nitrogen and oxygen atoms in total. The molecule has 2 aliphatic rings. The van der Waals surface area contributed by atoms with Crippen molar-refractivity contribution in [2.24, 2.45) is 4.99 Å². The third kappa shape index (κ3) is 3.70. The highest BCUT2D eigenvalue weighted by Crippen LogP contribution is 2.47. The Morgan fingerprint density at radius 1 is 1.13 bits per heavy atom. The van der Waals surface area contributed by atoms with Crippen molar-refractivity contribution in [1.29, 1.82) is 5.26 Å². The number of nitriles is 1. The summed E-state index contributed by atoms with van der Waals surface area (Å²) in [7, 11) is 0. The van der Waals surface area contributed by atoms with E-state index in [-0.39, 0.29) is 29.4 Å². The maximum Gasteiger partial charge on any atom is 0.458 e. The van der Waals surface area contributed by atoms with E-state index in [1.54, 1.807) is 6.19 Å². The van der Waals surface area contributed by atoms with Crippen LogP contribution in [0.2, 0.25) is 0 Å². The van der Waals surface area contributed by atoms with Gasteiger partial charge in [0.2, 0.25) is 6.19 Å². The number of hydrogen-bond donors (Lipinski definition) is 0. The van der Waals surface area contributed by atoms with E-state index < -0.39 is 36.6 Å². The van der Waals surface area contributed by atoms with Crippen LogP contribution in [-0.4, -0.2) is 42.4 Å². The molecule has 30 heavy (non-hydrogen) atoms. The molecule has 2 aliphatic heterocycles. The van der Waals surface area contributed by atoms with Crippen molar-refractivity contribution in [3.63, 3.8) is 0 Å². The van der Waals surface area contributed by atoms with Gasteiger partial charge in [-0.1, -0.05) is 0 Å². The van der Waals surface area contributed by atoms with Crippen LogP contribution in [0.25, 0.3) is 5.70 Å². The van der Waals surface area contributed by atoms with Gasteiger partial charge >= 0.3 is 12.1 Å². The van der Waals surface area contributed by atoms with Gasteiger partial charge in [-0.2, -0.15) is 32.2 Å². The van der Waals surface area contributed by atoms with E-state index in [4.69, 9.17) is 10.00 Å². The van der Waals surface area contributed by atoms with Crippen LogP contribution in [0.15, 0.2) is 29.3 Å². The van der Waals surface area contributed by atoms with Crippen molar-refractivity contribution in [3.05, 3.63) is 35.4 Å². The van der Waals surface area contributed by atoms with Crippen LogP contribution < -0.4 is 4.74 Å². The zero-order valence-corrected chi connectivity index (χ0v) is 15.4. The van der Waals surface area contributed by atoms with Crippen molar-refractivity contribution < 1.29 is 35.5 Å². The summed E-state index contributed by atoms with van der Waals surface area (Å²) in [4.78, 5) is 5.08. The minimum Gasteiger partial charge on any atom is -0.477 e. The molecule has 1 aromatic carbocycles. The van der Waals surface area contributed by atoms with Gasteiger partial charge in [0, 0.05) is 24.1 Å². The Bertz CT molecular complexity index is 914. The number of ether oxygens (including phenoxy) is 1. The highest BCUT2D eigenvalue weighted by molar-refractivity contribution is 5.93. The van der Waals surface area contributed by atoms with Gasteiger partial charge < -0.3 is 9.64 Å². The predicted octanol–water partition coefficient (Wildman–Crippen LogP) is 5.12. The van der Waals surface area contributed by atoms with Gasteiger partial charge in [0.15, 0.2) is 5.60 Å². The lowest BCUT2D eigenvalue weighted by Gasteiger charge is -2.39. The molecule has 0 radical (unpaired) electrons. The van der Waals surface area contributed by atoms with Crippen LogP contribution >= 0.6 is 0 Å². The van der Waals surface area contributed by atoms with E-state index in [1.807, 2.05) is 0 Å². The highest BCUT2D eigenvalue weighted by atomic mass is 19.4. The van der Waals surface area contributed by atoms with E-state index in [0.717, 1.165) is 12.1 Å². The first kappa shape index (κ1) is 21.9. The van der Waals surface area contributed by atoms with Crippen molar-refractivity contribution >= 4 is 11.5 Å². The van der Waals surface area contributed by atoms with Crippen LogP contribution in [0.4, 0.5) is 30.7 Å². The number of fused-ring (bicyclic) bond motifs is 1. The minimum absolute atomic E-state index is 0.0277. The quantitative estimate of drug-likeness (QED) is 0.488. The molecule has 0 aromatic heterocycles. The van der Waals surface area contributed by atoms with E-state index in [0.29, 0.717) is 31.4 Å². The molecular formula is C19H16F7N3O. The molecule has 1 saturated heterocycles. The third-order valence-electron chi connectivity index (χ3n) is 4.95. The maximum absolute atomic E-state index is 13.9. The Kier molecular flexibility index (Phi) is 5.71. The summed E-state index contributed by atoms with van der Waals surface area (Å²) in [5.41, 5.74) is -3.63. The molecule has 11 heteroatoms. The zero-order valence-electron chi connectivity index (χ0n) is 15.4. The number of nitrogens with zero attached hydrogens (tertiary/aromatic N) is 3. The molecule has 0 bridgehead atoms. The van der Waals surface area contributed by atoms with Gasteiger partial charge in [-0.05, 0) is 37.1 Å². The van der Waals surface area contributed by atoms with Gasteiger partial charge in [0.25, 0.3) is 0 Å². The normalized spacial score (nSPS) is 20.3. The smallest absolute Gasteiger partial charge is 0.458 e. The summed E-state index contributed by atoms with van der Waals surface area (Å²) in [5, 5.41) is 8.91. The fourth-order valence-corrected chi connectivity index (χ4v) is 3.39. The van der Waals surface area contributed by atoms with Gasteiger partial charge in [-0.3, -0.25) is 0 Å². The first-order valence-electron chi connectivity index (χ1n) is 8.95. The van der Waals surface area contributed by atoms with Crippen molar-refractivity contribution in [2.75, 3.05) is 19.9 Å². The second kappa shape index (κ2) is 7.81. The second-order valence-electron chi connectivity index (χ2n) is 6.98. The number of halogens is 7. The number of aliphatic imine (C=N–C) groups is 1. The van der Waals surface area contributed by atoms with E-state index in [9.17, 15) is 30.7 Å². The molecule has 0 N–H and O–H groups in total. The molecule has 0 atom stereocenters. The molecule has 1 fully saturated rings. The van der Waals surface area contributed by atoms with Gasteiger partial charge in [-0.15, -0.1) is 0 Å². The SMILES string of the molecule is N#C/N=C1/CCCCN1C1=CC(CF)(CF)Oc2ccc(C(F)(F)C(F)(F)F)cc21.